The van der Waals surface area contributed by atoms with Crippen molar-refractivity contribution < 1.29 is 0 Å². The summed E-state index contributed by atoms with van der Waals surface area (Å²) in [5, 5.41) is 4.69. The number of nitrogens with zero attached hydrogens (tertiary/aromatic N) is 2. The van der Waals surface area contributed by atoms with Crippen LogP contribution in [0.5, 0.6) is 0 Å². The smallest absolute Gasteiger partial charge is 0.126 e. The van der Waals surface area contributed by atoms with E-state index in [0.717, 1.165) is 28.4 Å². The highest BCUT2D eigenvalue weighted by molar-refractivity contribution is 7.15. The molecule has 0 aliphatic rings. The quantitative estimate of drug-likeness (QED) is 0.780. The summed E-state index contributed by atoms with van der Waals surface area (Å²) < 4.78 is 1.88. The van der Waals surface area contributed by atoms with Crippen molar-refractivity contribution in [3.8, 4) is 16.3 Å². The zero-order valence-corrected chi connectivity index (χ0v) is 13.4. The number of anilines is 1. The van der Waals surface area contributed by atoms with Gasteiger partial charge in [0, 0.05) is 4.88 Å². The van der Waals surface area contributed by atoms with E-state index in [0.29, 0.717) is 0 Å². The number of aryl methyl sites for hydroxylation is 3. The molecule has 0 radical (unpaired) electrons. The van der Waals surface area contributed by atoms with E-state index in [-0.39, 0.29) is 0 Å². The number of aromatic nitrogens is 2. The molecule has 2 aromatic heterocycles. The lowest BCUT2D eigenvalue weighted by molar-refractivity contribution is 0.876. The van der Waals surface area contributed by atoms with Crippen molar-refractivity contribution >= 4 is 17.0 Å². The van der Waals surface area contributed by atoms with Crippen LogP contribution < -0.4 is 5.73 Å². The molecule has 3 aromatic rings. The molecule has 3 nitrogen and oxygen atoms in total. The van der Waals surface area contributed by atoms with Crippen molar-refractivity contribution in [2.75, 3.05) is 5.73 Å². The highest BCUT2D eigenvalue weighted by Gasteiger charge is 2.12. The van der Waals surface area contributed by atoms with Crippen LogP contribution in [0.4, 0.5) is 5.69 Å². The van der Waals surface area contributed by atoms with E-state index in [1.807, 2.05) is 10.9 Å². The third-order valence-electron chi connectivity index (χ3n) is 3.59. The number of hydrogen-bond acceptors (Lipinski definition) is 3. The van der Waals surface area contributed by atoms with E-state index in [9.17, 15) is 0 Å². The molecule has 0 fully saturated rings. The van der Waals surface area contributed by atoms with Crippen molar-refractivity contribution in [3.05, 3.63) is 52.5 Å². The standard InChI is InChI=1S/C17H19N3S/c1-4-13-6-8-16(21-13)17-14(18)10-20(19-17)15-7-5-11(2)9-12(15)3/h5-10H,4,18H2,1-3H3. The van der Waals surface area contributed by atoms with Gasteiger partial charge in [-0.3, -0.25) is 0 Å². The van der Waals surface area contributed by atoms with E-state index in [1.54, 1.807) is 11.3 Å². The number of thiophene rings is 1. The summed E-state index contributed by atoms with van der Waals surface area (Å²) in [6.07, 6.45) is 2.95. The largest absolute Gasteiger partial charge is 0.396 e. The number of hydrogen-bond donors (Lipinski definition) is 1. The van der Waals surface area contributed by atoms with Gasteiger partial charge in [-0.2, -0.15) is 5.10 Å². The Balaban J connectivity index is 2.05. The molecule has 2 N–H and O–H groups in total. The predicted molar refractivity (Wildman–Crippen MR) is 90.1 cm³/mol. The van der Waals surface area contributed by atoms with E-state index in [2.05, 4.69) is 51.1 Å². The molecule has 0 unspecified atom stereocenters. The molecule has 0 saturated heterocycles. The second kappa shape index (κ2) is 5.37. The van der Waals surface area contributed by atoms with Crippen molar-refractivity contribution in [2.24, 2.45) is 0 Å². The molecular weight excluding hydrogens is 278 g/mol. The van der Waals surface area contributed by atoms with Crippen molar-refractivity contribution in [3.63, 3.8) is 0 Å². The fraction of sp³-hybridized carbons (Fsp3) is 0.235. The van der Waals surface area contributed by atoms with Crippen molar-refractivity contribution in [1.29, 1.82) is 0 Å². The molecule has 0 bridgehead atoms. The fourth-order valence-corrected chi connectivity index (χ4v) is 3.41. The van der Waals surface area contributed by atoms with Gasteiger partial charge in [0.2, 0.25) is 0 Å². The minimum atomic E-state index is 0.722. The second-order valence-electron chi connectivity index (χ2n) is 5.29. The Morgan fingerprint density at radius 3 is 2.67 bits per heavy atom. The molecule has 0 spiro atoms. The monoisotopic (exact) mass is 297 g/mol. The number of nitrogens with two attached hydrogens (primary N) is 1. The van der Waals surface area contributed by atoms with Gasteiger partial charge < -0.3 is 5.73 Å². The maximum Gasteiger partial charge on any atom is 0.126 e. The molecule has 0 saturated carbocycles. The first-order valence-electron chi connectivity index (χ1n) is 7.10. The zero-order valence-electron chi connectivity index (χ0n) is 12.6. The highest BCUT2D eigenvalue weighted by atomic mass is 32.1. The van der Waals surface area contributed by atoms with Crippen LogP contribution in [0.3, 0.4) is 0 Å². The van der Waals surface area contributed by atoms with Crippen LogP contribution in [0, 0.1) is 13.8 Å². The topological polar surface area (TPSA) is 43.8 Å². The van der Waals surface area contributed by atoms with Crippen LogP contribution in [0.15, 0.2) is 36.5 Å². The summed E-state index contributed by atoms with van der Waals surface area (Å²) in [7, 11) is 0. The molecule has 21 heavy (non-hydrogen) atoms. The molecule has 0 atom stereocenters. The molecule has 0 aliphatic heterocycles. The number of nitrogen functional groups attached to an aromatic ring is 1. The molecule has 108 valence electrons. The lowest BCUT2D eigenvalue weighted by atomic mass is 10.1. The Hall–Kier alpha value is -2.07. The summed E-state index contributed by atoms with van der Waals surface area (Å²) in [6, 6.07) is 10.6. The maximum atomic E-state index is 6.16. The van der Waals surface area contributed by atoms with Crippen molar-refractivity contribution in [1.82, 2.24) is 9.78 Å². The average molecular weight is 297 g/mol. The van der Waals surface area contributed by atoms with Gasteiger partial charge in [0.15, 0.2) is 0 Å². The summed E-state index contributed by atoms with van der Waals surface area (Å²) >= 11 is 1.76. The van der Waals surface area contributed by atoms with Gasteiger partial charge in [0.25, 0.3) is 0 Å². The van der Waals surface area contributed by atoms with Gasteiger partial charge in [0.05, 0.1) is 22.4 Å². The third kappa shape index (κ3) is 2.59. The molecule has 2 heterocycles. The van der Waals surface area contributed by atoms with Crippen LogP contribution >= 0.6 is 11.3 Å². The average Bonchev–Trinajstić information content (AvgIpc) is 3.05. The number of rotatable bonds is 3. The second-order valence-corrected chi connectivity index (χ2v) is 6.46. The Bertz CT molecular complexity index is 783. The fourth-order valence-electron chi connectivity index (χ4n) is 2.46. The SMILES string of the molecule is CCc1ccc(-c2nn(-c3ccc(C)cc3C)cc2N)s1. The van der Waals surface area contributed by atoms with Crippen LogP contribution in [-0.2, 0) is 6.42 Å². The first kappa shape index (κ1) is 13.9. The van der Waals surface area contributed by atoms with Gasteiger partial charge in [0.1, 0.15) is 5.69 Å². The van der Waals surface area contributed by atoms with E-state index in [1.165, 1.54) is 16.0 Å². The Labute approximate surface area is 129 Å². The van der Waals surface area contributed by atoms with Gasteiger partial charge in [-0.05, 0) is 44.0 Å². The van der Waals surface area contributed by atoms with Gasteiger partial charge in [-0.15, -0.1) is 11.3 Å². The zero-order chi connectivity index (χ0) is 15.0. The Morgan fingerprint density at radius 1 is 1.19 bits per heavy atom. The maximum absolute atomic E-state index is 6.16. The predicted octanol–water partition coefficient (Wildman–Crippen LogP) is 4.36. The van der Waals surface area contributed by atoms with Crippen LogP contribution in [0.25, 0.3) is 16.3 Å². The Morgan fingerprint density at radius 2 is 2.00 bits per heavy atom. The van der Waals surface area contributed by atoms with Crippen LogP contribution in [-0.4, -0.2) is 9.78 Å². The first-order chi connectivity index (χ1) is 10.1. The molecule has 3 rings (SSSR count). The first-order valence-corrected chi connectivity index (χ1v) is 7.92. The van der Waals surface area contributed by atoms with E-state index < -0.39 is 0 Å². The lowest BCUT2D eigenvalue weighted by Gasteiger charge is -2.06. The van der Waals surface area contributed by atoms with Gasteiger partial charge in [-0.1, -0.05) is 24.6 Å². The Kier molecular flexibility index (Phi) is 3.55. The van der Waals surface area contributed by atoms with Crippen molar-refractivity contribution in [2.45, 2.75) is 27.2 Å². The molecule has 0 aliphatic carbocycles. The molecule has 4 heteroatoms. The summed E-state index contributed by atoms with van der Waals surface area (Å²) in [5.41, 5.74) is 11.3. The van der Waals surface area contributed by atoms with Gasteiger partial charge >= 0.3 is 0 Å². The molecule has 0 amide bonds. The molecular formula is C17H19N3S. The summed E-state index contributed by atoms with van der Waals surface area (Å²) in [5.74, 6) is 0. The van der Waals surface area contributed by atoms with E-state index >= 15 is 0 Å². The van der Waals surface area contributed by atoms with Crippen LogP contribution in [0.2, 0.25) is 0 Å². The minimum Gasteiger partial charge on any atom is -0.396 e. The summed E-state index contributed by atoms with van der Waals surface area (Å²) in [6.45, 7) is 6.35. The van der Waals surface area contributed by atoms with Gasteiger partial charge in [-0.25, -0.2) is 4.68 Å². The molecule has 1 aromatic carbocycles. The van der Waals surface area contributed by atoms with Crippen LogP contribution in [0.1, 0.15) is 22.9 Å². The lowest BCUT2D eigenvalue weighted by Crippen LogP contribution is -1.98. The highest BCUT2D eigenvalue weighted by Crippen LogP contribution is 2.32. The minimum absolute atomic E-state index is 0.722. The number of benzene rings is 1. The third-order valence-corrected chi connectivity index (χ3v) is 4.82. The van der Waals surface area contributed by atoms with E-state index in [4.69, 9.17) is 10.8 Å². The normalized spacial score (nSPS) is 11.0. The summed E-state index contributed by atoms with van der Waals surface area (Å²) in [4.78, 5) is 2.48.